The summed E-state index contributed by atoms with van der Waals surface area (Å²) in [5.41, 5.74) is 2.09. The van der Waals surface area contributed by atoms with Gasteiger partial charge in [-0.15, -0.1) is 0 Å². The van der Waals surface area contributed by atoms with Crippen molar-refractivity contribution in [1.29, 1.82) is 0 Å². The van der Waals surface area contributed by atoms with Crippen molar-refractivity contribution in [2.45, 2.75) is 0 Å². The number of nitrogens with one attached hydrogen (secondary N) is 1. The number of methoxy groups -OCH3 is 1. The first-order valence-electron chi connectivity index (χ1n) is 9.52. The molecule has 3 aromatic carbocycles. The number of hydrogen-bond donors (Lipinski definition) is 1. The third-order valence-electron chi connectivity index (χ3n) is 4.52. The molecule has 0 bridgehead atoms. The predicted molar refractivity (Wildman–Crippen MR) is 120 cm³/mol. The summed E-state index contributed by atoms with van der Waals surface area (Å²) in [6.07, 6.45) is 1.39. The van der Waals surface area contributed by atoms with Gasteiger partial charge in [0, 0.05) is 22.9 Å². The topological polar surface area (TPSA) is 73.3 Å². The Balaban J connectivity index is 1.52. The number of hydrogen-bond acceptors (Lipinski definition) is 5. The van der Waals surface area contributed by atoms with E-state index >= 15 is 0 Å². The lowest BCUT2D eigenvalue weighted by Gasteiger charge is -2.09. The Labute approximate surface area is 188 Å². The minimum Gasteiger partial charge on any atom is -0.497 e. The van der Waals surface area contributed by atoms with Crippen LogP contribution in [0.1, 0.15) is 10.4 Å². The van der Waals surface area contributed by atoms with Crippen LogP contribution < -0.4 is 14.8 Å². The van der Waals surface area contributed by atoms with Gasteiger partial charge in [-0.3, -0.25) is 4.79 Å². The normalized spacial score (nSPS) is 10.5. The number of aromatic nitrogens is 2. The van der Waals surface area contributed by atoms with E-state index in [4.69, 9.17) is 21.1 Å². The Hall–Kier alpha value is -3.97. The Morgan fingerprint density at radius 1 is 0.969 bits per heavy atom. The highest BCUT2D eigenvalue weighted by molar-refractivity contribution is 6.31. The summed E-state index contributed by atoms with van der Waals surface area (Å²) in [5.74, 6) is 0.762. The van der Waals surface area contributed by atoms with Crippen molar-refractivity contribution in [3.8, 4) is 28.6 Å². The number of carbonyl (C=O) groups excluding carboxylic acids is 1. The third kappa shape index (κ3) is 5.01. The molecule has 6 nitrogen and oxygen atoms in total. The Morgan fingerprint density at radius 3 is 2.50 bits per heavy atom. The molecule has 0 atom stereocenters. The van der Waals surface area contributed by atoms with E-state index in [1.165, 1.54) is 24.5 Å². The van der Waals surface area contributed by atoms with Crippen molar-refractivity contribution >= 4 is 23.2 Å². The molecule has 4 aromatic rings. The van der Waals surface area contributed by atoms with Gasteiger partial charge in [0.05, 0.1) is 17.8 Å². The summed E-state index contributed by atoms with van der Waals surface area (Å²) < 4.78 is 24.3. The monoisotopic (exact) mass is 449 g/mol. The molecule has 0 fully saturated rings. The molecule has 0 radical (unpaired) electrons. The molecule has 0 saturated carbocycles. The van der Waals surface area contributed by atoms with Crippen LogP contribution in [0.4, 0.5) is 10.1 Å². The van der Waals surface area contributed by atoms with Crippen molar-refractivity contribution in [3.63, 3.8) is 0 Å². The van der Waals surface area contributed by atoms with Crippen molar-refractivity contribution in [2.75, 3.05) is 12.4 Å². The first kappa shape index (κ1) is 21.3. The Kier molecular flexibility index (Phi) is 6.28. The SMILES string of the molecule is COc1ccc(Oc2cc(-c3cccc(C(=O)Nc4ccc(F)c(Cl)c4)c3)ncn2)cc1. The number of nitrogens with zero attached hydrogens (tertiary/aromatic N) is 2. The fourth-order valence-electron chi connectivity index (χ4n) is 2.91. The molecule has 0 saturated heterocycles. The molecule has 0 unspecified atom stereocenters. The zero-order chi connectivity index (χ0) is 22.5. The van der Waals surface area contributed by atoms with Gasteiger partial charge >= 0.3 is 0 Å². The van der Waals surface area contributed by atoms with Crippen LogP contribution >= 0.6 is 11.6 Å². The van der Waals surface area contributed by atoms with E-state index in [-0.39, 0.29) is 10.9 Å². The quantitative estimate of drug-likeness (QED) is 0.391. The van der Waals surface area contributed by atoms with Gasteiger partial charge in [0.2, 0.25) is 5.88 Å². The molecule has 0 aliphatic rings. The summed E-state index contributed by atoms with van der Waals surface area (Å²) in [6.45, 7) is 0. The molecule has 1 amide bonds. The number of benzene rings is 3. The maximum absolute atomic E-state index is 13.3. The summed E-state index contributed by atoms with van der Waals surface area (Å²) in [5, 5.41) is 2.63. The molecule has 1 N–H and O–H groups in total. The molecule has 160 valence electrons. The maximum atomic E-state index is 13.3. The first-order chi connectivity index (χ1) is 15.5. The largest absolute Gasteiger partial charge is 0.497 e. The minimum atomic E-state index is -0.553. The van der Waals surface area contributed by atoms with Gasteiger partial charge in [0.25, 0.3) is 5.91 Å². The van der Waals surface area contributed by atoms with Gasteiger partial charge < -0.3 is 14.8 Å². The second kappa shape index (κ2) is 9.45. The Bertz CT molecular complexity index is 1270. The van der Waals surface area contributed by atoms with Crippen LogP contribution in [0, 0.1) is 5.82 Å². The first-order valence-corrected chi connectivity index (χ1v) is 9.90. The fourth-order valence-corrected chi connectivity index (χ4v) is 3.10. The molecular formula is C24H17ClFN3O3. The summed E-state index contributed by atoms with van der Waals surface area (Å²) in [6, 6.07) is 19.7. The zero-order valence-corrected chi connectivity index (χ0v) is 17.6. The van der Waals surface area contributed by atoms with Crippen molar-refractivity contribution in [3.05, 3.63) is 95.5 Å². The van der Waals surface area contributed by atoms with Gasteiger partial charge in [0.1, 0.15) is 23.6 Å². The number of carbonyl (C=O) groups is 1. The molecule has 0 aliphatic heterocycles. The number of anilines is 1. The molecule has 0 spiro atoms. The average Bonchev–Trinajstić information content (AvgIpc) is 2.82. The molecule has 32 heavy (non-hydrogen) atoms. The lowest BCUT2D eigenvalue weighted by atomic mass is 10.1. The van der Waals surface area contributed by atoms with Crippen LogP contribution in [-0.2, 0) is 0 Å². The highest BCUT2D eigenvalue weighted by atomic mass is 35.5. The highest BCUT2D eigenvalue weighted by Crippen LogP contribution is 2.26. The number of ether oxygens (including phenoxy) is 2. The van der Waals surface area contributed by atoms with E-state index in [1.807, 2.05) is 6.07 Å². The van der Waals surface area contributed by atoms with Gasteiger partial charge in [-0.1, -0.05) is 23.7 Å². The van der Waals surface area contributed by atoms with Crippen molar-refractivity contribution in [1.82, 2.24) is 9.97 Å². The van der Waals surface area contributed by atoms with Gasteiger partial charge in [-0.2, -0.15) is 0 Å². The average molecular weight is 450 g/mol. The van der Waals surface area contributed by atoms with E-state index in [0.717, 1.165) is 5.75 Å². The summed E-state index contributed by atoms with van der Waals surface area (Å²) >= 11 is 5.78. The third-order valence-corrected chi connectivity index (χ3v) is 4.81. The van der Waals surface area contributed by atoms with E-state index in [0.29, 0.717) is 34.1 Å². The maximum Gasteiger partial charge on any atom is 0.255 e. The second-order valence-corrected chi connectivity index (χ2v) is 7.09. The fraction of sp³-hybridized carbons (Fsp3) is 0.0417. The van der Waals surface area contributed by atoms with Crippen molar-refractivity contribution in [2.24, 2.45) is 0 Å². The Morgan fingerprint density at radius 2 is 1.75 bits per heavy atom. The van der Waals surface area contributed by atoms with E-state index in [9.17, 15) is 9.18 Å². The molecule has 1 heterocycles. The smallest absolute Gasteiger partial charge is 0.255 e. The molecular weight excluding hydrogens is 433 g/mol. The van der Waals surface area contributed by atoms with E-state index in [1.54, 1.807) is 55.6 Å². The summed E-state index contributed by atoms with van der Waals surface area (Å²) in [4.78, 5) is 21.1. The second-order valence-electron chi connectivity index (χ2n) is 6.68. The number of halogens is 2. The van der Waals surface area contributed by atoms with Crippen LogP contribution in [0.15, 0.2) is 79.1 Å². The molecule has 4 rings (SSSR count). The van der Waals surface area contributed by atoms with Crippen LogP contribution in [0.3, 0.4) is 0 Å². The van der Waals surface area contributed by atoms with Crippen LogP contribution in [0.5, 0.6) is 17.4 Å². The standard InChI is InChI=1S/C24H17ClFN3O3/c1-31-18-6-8-19(9-7-18)32-23-13-22(27-14-28-23)15-3-2-4-16(11-15)24(30)29-17-5-10-21(26)20(25)12-17/h2-14H,1H3,(H,29,30). The van der Waals surface area contributed by atoms with Gasteiger partial charge in [-0.05, 0) is 54.6 Å². The van der Waals surface area contributed by atoms with Crippen LogP contribution in [0.2, 0.25) is 5.02 Å². The van der Waals surface area contributed by atoms with Gasteiger partial charge in [-0.25, -0.2) is 14.4 Å². The van der Waals surface area contributed by atoms with Crippen molar-refractivity contribution < 1.29 is 18.7 Å². The van der Waals surface area contributed by atoms with Crippen LogP contribution in [0.25, 0.3) is 11.3 Å². The van der Waals surface area contributed by atoms with Gasteiger partial charge in [0.15, 0.2) is 0 Å². The van der Waals surface area contributed by atoms with E-state index in [2.05, 4.69) is 15.3 Å². The molecule has 1 aromatic heterocycles. The lowest BCUT2D eigenvalue weighted by Crippen LogP contribution is -2.12. The predicted octanol–water partition coefficient (Wildman–Crippen LogP) is 5.99. The minimum absolute atomic E-state index is 0.0677. The number of rotatable bonds is 6. The lowest BCUT2D eigenvalue weighted by molar-refractivity contribution is 0.102. The zero-order valence-electron chi connectivity index (χ0n) is 16.9. The van der Waals surface area contributed by atoms with E-state index < -0.39 is 5.82 Å². The highest BCUT2D eigenvalue weighted by Gasteiger charge is 2.11. The summed E-state index contributed by atoms with van der Waals surface area (Å²) in [7, 11) is 1.59. The molecule has 8 heteroatoms. The van der Waals surface area contributed by atoms with Crippen LogP contribution in [-0.4, -0.2) is 23.0 Å². The molecule has 0 aliphatic carbocycles. The number of amides is 1.